The zero-order chi connectivity index (χ0) is 12.3. The van der Waals surface area contributed by atoms with E-state index in [1.165, 1.54) is 0 Å². The zero-order valence-corrected chi connectivity index (χ0v) is 9.99. The molecule has 16 heavy (non-hydrogen) atoms. The van der Waals surface area contributed by atoms with Gasteiger partial charge in [-0.25, -0.2) is 8.42 Å². The van der Waals surface area contributed by atoms with E-state index in [-0.39, 0.29) is 0 Å². The maximum Gasteiger partial charge on any atom is 0.183 e. The first kappa shape index (κ1) is 12.9. The summed E-state index contributed by atoms with van der Waals surface area (Å²) in [7, 11) is -3.58. The monoisotopic (exact) mass is 242 g/mol. The molecule has 0 aromatic heterocycles. The standard InChI is InChI=1S/C11H14O4S/c1-8-5-3-4-6-9(8)11(13)10(7-12)16(2,14)15/h3-6,10,12H,7H2,1-2H3/t10-/m1/s1. The molecule has 0 saturated carbocycles. The van der Waals surface area contributed by atoms with Crippen LogP contribution < -0.4 is 0 Å². The van der Waals surface area contributed by atoms with Gasteiger partial charge in [-0.05, 0) is 12.5 Å². The predicted molar refractivity (Wildman–Crippen MR) is 61.2 cm³/mol. The molecule has 1 aromatic rings. The van der Waals surface area contributed by atoms with E-state index in [0.29, 0.717) is 11.1 Å². The predicted octanol–water partition coefficient (Wildman–Crippen LogP) is 0.583. The molecule has 0 aliphatic carbocycles. The van der Waals surface area contributed by atoms with Gasteiger partial charge < -0.3 is 5.11 Å². The molecule has 0 radical (unpaired) electrons. The van der Waals surface area contributed by atoms with Crippen LogP contribution in [0.25, 0.3) is 0 Å². The Hall–Kier alpha value is -1.20. The van der Waals surface area contributed by atoms with Crippen LogP contribution in [0, 0.1) is 6.92 Å². The summed E-state index contributed by atoms with van der Waals surface area (Å²) in [5.41, 5.74) is 1.04. The Morgan fingerprint density at radius 1 is 1.38 bits per heavy atom. The van der Waals surface area contributed by atoms with Gasteiger partial charge in [0.2, 0.25) is 0 Å². The first-order valence-corrected chi connectivity index (χ1v) is 6.73. The zero-order valence-electron chi connectivity index (χ0n) is 9.17. The van der Waals surface area contributed by atoms with Gasteiger partial charge in [-0.1, -0.05) is 24.3 Å². The maximum atomic E-state index is 11.9. The molecule has 0 heterocycles. The fourth-order valence-corrected chi connectivity index (χ4v) is 2.22. The molecule has 5 heteroatoms. The summed E-state index contributed by atoms with van der Waals surface area (Å²) in [5, 5.41) is 7.62. The molecule has 0 unspecified atom stereocenters. The number of aliphatic hydroxyl groups is 1. The Morgan fingerprint density at radius 2 is 1.94 bits per heavy atom. The van der Waals surface area contributed by atoms with Gasteiger partial charge in [0, 0.05) is 11.8 Å². The molecule has 1 atom stereocenters. The number of carbonyl (C=O) groups is 1. The van der Waals surface area contributed by atoms with Crippen molar-refractivity contribution in [3.8, 4) is 0 Å². The molecule has 88 valence electrons. The molecule has 0 aliphatic rings. The summed E-state index contributed by atoms with van der Waals surface area (Å²) >= 11 is 0. The normalized spacial score (nSPS) is 13.4. The van der Waals surface area contributed by atoms with Crippen molar-refractivity contribution >= 4 is 15.6 Å². The smallest absolute Gasteiger partial charge is 0.183 e. The van der Waals surface area contributed by atoms with Crippen molar-refractivity contribution in [2.75, 3.05) is 12.9 Å². The summed E-state index contributed by atoms with van der Waals surface area (Å²) < 4.78 is 22.6. The van der Waals surface area contributed by atoms with Gasteiger partial charge in [0.15, 0.2) is 15.6 Å². The highest BCUT2D eigenvalue weighted by Crippen LogP contribution is 2.13. The van der Waals surface area contributed by atoms with Gasteiger partial charge >= 0.3 is 0 Å². The lowest BCUT2D eigenvalue weighted by Crippen LogP contribution is -2.33. The topological polar surface area (TPSA) is 71.4 Å². The number of sulfone groups is 1. The molecular formula is C11H14O4S. The molecule has 1 aromatic carbocycles. The molecule has 0 saturated heterocycles. The van der Waals surface area contributed by atoms with Gasteiger partial charge in [-0.3, -0.25) is 4.79 Å². The fraction of sp³-hybridized carbons (Fsp3) is 0.364. The number of rotatable bonds is 4. The van der Waals surface area contributed by atoms with Crippen LogP contribution in [0.15, 0.2) is 24.3 Å². The molecule has 0 spiro atoms. The molecule has 0 amide bonds. The highest BCUT2D eigenvalue weighted by molar-refractivity contribution is 7.92. The third-order valence-corrected chi connectivity index (χ3v) is 3.78. The minimum absolute atomic E-state index is 0.340. The van der Waals surface area contributed by atoms with Gasteiger partial charge in [0.25, 0.3) is 0 Å². The number of aryl methyl sites for hydroxylation is 1. The average Bonchev–Trinajstić information content (AvgIpc) is 2.17. The van der Waals surface area contributed by atoms with E-state index >= 15 is 0 Å². The molecule has 1 rings (SSSR count). The van der Waals surface area contributed by atoms with Crippen LogP contribution in [0.5, 0.6) is 0 Å². The van der Waals surface area contributed by atoms with Crippen LogP contribution in [-0.4, -0.2) is 37.4 Å². The van der Waals surface area contributed by atoms with Crippen molar-refractivity contribution in [1.29, 1.82) is 0 Å². The Balaban J connectivity index is 3.16. The number of Topliss-reactive ketones (excluding diaryl/α,β-unsaturated/α-hetero) is 1. The molecule has 0 fully saturated rings. The van der Waals surface area contributed by atoms with E-state index < -0.39 is 27.5 Å². The first-order valence-electron chi connectivity index (χ1n) is 4.77. The number of ketones is 1. The van der Waals surface area contributed by atoms with E-state index in [0.717, 1.165) is 6.26 Å². The number of hydrogen-bond acceptors (Lipinski definition) is 4. The van der Waals surface area contributed by atoms with Gasteiger partial charge in [0.1, 0.15) is 5.25 Å². The van der Waals surface area contributed by atoms with Crippen molar-refractivity contribution in [2.24, 2.45) is 0 Å². The van der Waals surface area contributed by atoms with Crippen LogP contribution in [0.1, 0.15) is 15.9 Å². The third kappa shape index (κ3) is 2.68. The van der Waals surface area contributed by atoms with E-state index in [4.69, 9.17) is 5.11 Å². The van der Waals surface area contributed by atoms with Crippen LogP contribution in [0.4, 0.5) is 0 Å². The minimum atomic E-state index is -3.58. The second-order valence-corrected chi connectivity index (χ2v) is 5.91. The molecule has 4 nitrogen and oxygen atoms in total. The van der Waals surface area contributed by atoms with Gasteiger partial charge in [-0.2, -0.15) is 0 Å². The average molecular weight is 242 g/mol. The van der Waals surface area contributed by atoms with Crippen LogP contribution in [0.3, 0.4) is 0 Å². The summed E-state index contributed by atoms with van der Waals surface area (Å²) in [6.07, 6.45) is 0.948. The highest BCUT2D eigenvalue weighted by atomic mass is 32.2. The molecule has 1 N–H and O–H groups in total. The number of hydrogen-bond donors (Lipinski definition) is 1. The summed E-state index contributed by atoms with van der Waals surface area (Å²) in [4.78, 5) is 11.9. The van der Waals surface area contributed by atoms with Crippen molar-refractivity contribution in [3.05, 3.63) is 35.4 Å². The Bertz CT molecular complexity index is 490. The second kappa shape index (κ2) is 4.76. The summed E-state index contributed by atoms with van der Waals surface area (Å²) in [6.45, 7) is 1.04. The van der Waals surface area contributed by atoms with Crippen LogP contribution >= 0.6 is 0 Å². The first-order chi connectivity index (χ1) is 7.38. The Morgan fingerprint density at radius 3 is 2.38 bits per heavy atom. The highest BCUT2D eigenvalue weighted by Gasteiger charge is 2.29. The third-order valence-electron chi connectivity index (χ3n) is 2.39. The van der Waals surface area contributed by atoms with Gasteiger partial charge in [-0.15, -0.1) is 0 Å². The molecule has 0 aliphatic heterocycles. The molecule has 0 bridgehead atoms. The van der Waals surface area contributed by atoms with E-state index in [1.54, 1.807) is 31.2 Å². The Labute approximate surface area is 94.8 Å². The quantitative estimate of drug-likeness (QED) is 0.784. The van der Waals surface area contributed by atoms with E-state index in [1.807, 2.05) is 0 Å². The van der Waals surface area contributed by atoms with Crippen molar-refractivity contribution in [2.45, 2.75) is 12.2 Å². The van der Waals surface area contributed by atoms with E-state index in [2.05, 4.69) is 0 Å². The van der Waals surface area contributed by atoms with Crippen molar-refractivity contribution < 1.29 is 18.3 Å². The lowest BCUT2D eigenvalue weighted by molar-refractivity contribution is 0.0961. The summed E-state index contributed by atoms with van der Waals surface area (Å²) in [5.74, 6) is -0.553. The van der Waals surface area contributed by atoms with Crippen LogP contribution in [0.2, 0.25) is 0 Å². The fourth-order valence-electron chi connectivity index (χ4n) is 1.44. The number of aliphatic hydroxyl groups excluding tert-OH is 1. The minimum Gasteiger partial charge on any atom is -0.395 e. The number of carbonyl (C=O) groups excluding carboxylic acids is 1. The SMILES string of the molecule is Cc1ccccc1C(=O)[C@@H](CO)S(C)(=O)=O. The Kier molecular flexibility index (Phi) is 3.83. The lowest BCUT2D eigenvalue weighted by atomic mass is 10.0. The van der Waals surface area contributed by atoms with Gasteiger partial charge in [0.05, 0.1) is 6.61 Å². The molecular weight excluding hydrogens is 228 g/mol. The lowest BCUT2D eigenvalue weighted by Gasteiger charge is -2.12. The number of benzene rings is 1. The van der Waals surface area contributed by atoms with Crippen molar-refractivity contribution in [1.82, 2.24) is 0 Å². The van der Waals surface area contributed by atoms with Crippen LogP contribution in [-0.2, 0) is 9.84 Å². The van der Waals surface area contributed by atoms with Crippen molar-refractivity contribution in [3.63, 3.8) is 0 Å². The summed E-state index contributed by atoms with van der Waals surface area (Å²) in [6, 6.07) is 6.72. The maximum absolute atomic E-state index is 11.9. The second-order valence-electron chi connectivity index (χ2n) is 3.68. The van der Waals surface area contributed by atoms with E-state index in [9.17, 15) is 13.2 Å². The largest absolute Gasteiger partial charge is 0.395 e.